The van der Waals surface area contributed by atoms with Crippen LogP contribution in [0.15, 0.2) is 24.3 Å². The lowest BCUT2D eigenvalue weighted by Gasteiger charge is -2.35. The van der Waals surface area contributed by atoms with Gasteiger partial charge in [0.15, 0.2) is 11.5 Å². The Bertz CT molecular complexity index is 702. The van der Waals surface area contributed by atoms with E-state index >= 15 is 0 Å². The van der Waals surface area contributed by atoms with Crippen LogP contribution in [0.1, 0.15) is 6.42 Å². The predicted molar refractivity (Wildman–Crippen MR) is 93.7 cm³/mol. The van der Waals surface area contributed by atoms with E-state index < -0.39 is 22.0 Å². The summed E-state index contributed by atoms with van der Waals surface area (Å²) in [5.41, 5.74) is 0. The van der Waals surface area contributed by atoms with E-state index in [1.54, 1.807) is 23.1 Å². The molecular formula is C16H24N2O7S. The van der Waals surface area contributed by atoms with Crippen molar-refractivity contribution in [1.29, 1.82) is 0 Å². The molecule has 1 saturated heterocycles. The molecule has 1 amide bonds. The highest BCUT2D eigenvalue weighted by molar-refractivity contribution is 7.85. The van der Waals surface area contributed by atoms with E-state index in [1.807, 2.05) is 4.90 Å². The summed E-state index contributed by atoms with van der Waals surface area (Å²) in [6, 6.07) is 6.54. The Morgan fingerprint density at radius 1 is 1.19 bits per heavy atom. The van der Waals surface area contributed by atoms with Crippen LogP contribution in [0.2, 0.25) is 0 Å². The van der Waals surface area contributed by atoms with Gasteiger partial charge in [0.2, 0.25) is 5.91 Å². The van der Waals surface area contributed by atoms with Gasteiger partial charge in [-0.15, -0.1) is 0 Å². The molecule has 1 aromatic rings. The summed E-state index contributed by atoms with van der Waals surface area (Å²) in [5, 5.41) is 19.3. The molecule has 1 fully saturated rings. The van der Waals surface area contributed by atoms with E-state index in [4.69, 9.17) is 9.29 Å². The fourth-order valence-electron chi connectivity index (χ4n) is 2.76. The Balaban J connectivity index is 1.68. The smallest absolute Gasteiger partial charge is 0.267 e. The Morgan fingerprint density at radius 2 is 1.85 bits per heavy atom. The summed E-state index contributed by atoms with van der Waals surface area (Å²) < 4.78 is 35.6. The van der Waals surface area contributed by atoms with Crippen molar-refractivity contribution in [2.75, 3.05) is 45.1 Å². The molecular weight excluding hydrogens is 364 g/mol. The number of benzene rings is 1. The zero-order valence-electron chi connectivity index (χ0n) is 14.3. The van der Waals surface area contributed by atoms with E-state index in [9.17, 15) is 23.4 Å². The van der Waals surface area contributed by atoms with Gasteiger partial charge in [-0.2, -0.15) is 8.42 Å². The minimum atomic E-state index is -4.21. The summed E-state index contributed by atoms with van der Waals surface area (Å²) >= 11 is 0. The van der Waals surface area contributed by atoms with Gasteiger partial charge in [0, 0.05) is 32.7 Å². The molecule has 1 aromatic carbocycles. The maximum Gasteiger partial charge on any atom is 0.267 e. The first-order valence-electron chi connectivity index (χ1n) is 8.29. The quantitative estimate of drug-likeness (QED) is 0.511. The summed E-state index contributed by atoms with van der Waals surface area (Å²) in [6.45, 7) is 2.23. The first-order valence-corrected chi connectivity index (χ1v) is 9.89. The lowest BCUT2D eigenvalue weighted by Crippen LogP contribution is -2.51. The third-order valence-electron chi connectivity index (χ3n) is 4.04. The molecule has 3 N–H and O–H groups in total. The highest BCUT2D eigenvalue weighted by atomic mass is 32.2. The van der Waals surface area contributed by atoms with Crippen LogP contribution in [0.4, 0.5) is 0 Å². The van der Waals surface area contributed by atoms with E-state index in [0.717, 1.165) is 0 Å². The number of hydrogen-bond acceptors (Lipinski definition) is 7. The van der Waals surface area contributed by atoms with E-state index in [0.29, 0.717) is 31.9 Å². The van der Waals surface area contributed by atoms with Gasteiger partial charge in [0.25, 0.3) is 10.1 Å². The number of rotatable bonds is 8. The fourth-order valence-corrected chi connectivity index (χ4v) is 3.35. The number of nitrogens with zero attached hydrogens (tertiary/aromatic N) is 2. The molecule has 9 nitrogen and oxygen atoms in total. The highest BCUT2D eigenvalue weighted by Crippen LogP contribution is 2.24. The zero-order valence-corrected chi connectivity index (χ0v) is 15.1. The Kier molecular flexibility index (Phi) is 7.21. The number of aliphatic hydroxyl groups excluding tert-OH is 1. The number of phenolic OH excluding ortho intramolecular Hbond substituents is 1. The standard InChI is InChI=1S/C16H24N2O7S/c19-13(12-26(22,23)24)11-17-6-8-18(9-7-17)16(21)5-10-25-15-4-2-1-3-14(15)20/h1-4,13,19-20H,5-12H2,(H,22,23,24). The molecule has 10 heteroatoms. The van der Waals surface area contributed by atoms with E-state index in [2.05, 4.69) is 0 Å². The first kappa shape index (κ1) is 20.4. The van der Waals surface area contributed by atoms with Gasteiger partial charge in [-0.25, -0.2) is 0 Å². The van der Waals surface area contributed by atoms with Crippen LogP contribution < -0.4 is 4.74 Å². The number of ether oxygens (including phenoxy) is 1. The fraction of sp³-hybridized carbons (Fsp3) is 0.562. The van der Waals surface area contributed by atoms with E-state index in [1.165, 1.54) is 6.07 Å². The van der Waals surface area contributed by atoms with Gasteiger partial charge in [0.05, 0.1) is 19.1 Å². The molecule has 0 bridgehead atoms. The summed E-state index contributed by atoms with van der Waals surface area (Å²) in [6.07, 6.45) is -0.987. The molecule has 0 saturated carbocycles. The largest absolute Gasteiger partial charge is 0.504 e. The second kappa shape index (κ2) is 9.17. The molecule has 1 heterocycles. The van der Waals surface area contributed by atoms with Gasteiger partial charge < -0.3 is 19.8 Å². The molecule has 26 heavy (non-hydrogen) atoms. The van der Waals surface area contributed by atoms with Crippen molar-refractivity contribution in [2.45, 2.75) is 12.5 Å². The SMILES string of the molecule is O=C(CCOc1ccccc1O)N1CCN(CC(O)CS(=O)(=O)O)CC1. The average molecular weight is 388 g/mol. The molecule has 1 aliphatic heterocycles. The summed E-state index contributed by atoms with van der Waals surface area (Å²) in [7, 11) is -4.21. The van der Waals surface area contributed by atoms with Crippen molar-refractivity contribution in [3.8, 4) is 11.5 Å². The van der Waals surface area contributed by atoms with Gasteiger partial charge in [-0.3, -0.25) is 14.2 Å². The third kappa shape index (κ3) is 6.79. The van der Waals surface area contributed by atoms with Crippen LogP contribution in [0.25, 0.3) is 0 Å². The molecule has 2 rings (SSSR count). The number of hydrogen-bond donors (Lipinski definition) is 3. The second-order valence-corrected chi connectivity index (χ2v) is 7.65. The number of carbonyl (C=O) groups is 1. The molecule has 0 spiro atoms. The lowest BCUT2D eigenvalue weighted by atomic mass is 10.2. The normalized spacial score (nSPS) is 17.1. The van der Waals surface area contributed by atoms with Crippen LogP contribution >= 0.6 is 0 Å². The van der Waals surface area contributed by atoms with Crippen LogP contribution in [0.5, 0.6) is 11.5 Å². The van der Waals surface area contributed by atoms with Crippen LogP contribution in [-0.2, 0) is 14.9 Å². The second-order valence-electron chi connectivity index (χ2n) is 6.15. The maximum atomic E-state index is 12.2. The predicted octanol–water partition coefficient (Wildman–Crippen LogP) is -0.446. The molecule has 1 aliphatic rings. The van der Waals surface area contributed by atoms with Crippen molar-refractivity contribution in [1.82, 2.24) is 9.80 Å². The topological polar surface area (TPSA) is 128 Å². The van der Waals surface area contributed by atoms with Crippen LogP contribution in [0, 0.1) is 0 Å². The first-order chi connectivity index (χ1) is 12.2. The number of aliphatic hydroxyl groups is 1. The number of carbonyl (C=O) groups excluding carboxylic acids is 1. The Labute approximate surface area is 152 Å². The minimum absolute atomic E-state index is 0.0250. The molecule has 0 radical (unpaired) electrons. The molecule has 1 unspecified atom stereocenters. The Hall–Kier alpha value is -1.88. The van der Waals surface area contributed by atoms with Gasteiger partial charge in [-0.1, -0.05) is 12.1 Å². The summed E-state index contributed by atoms with van der Waals surface area (Å²) in [4.78, 5) is 15.7. The molecule has 0 aromatic heterocycles. The molecule has 146 valence electrons. The van der Waals surface area contributed by atoms with Gasteiger partial charge in [-0.05, 0) is 12.1 Å². The molecule has 1 atom stereocenters. The number of β-amino-alcohol motifs (C(OH)–C–C–N with tert-alkyl or cyclic N) is 1. The Morgan fingerprint density at radius 3 is 2.46 bits per heavy atom. The van der Waals surface area contributed by atoms with Gasteiger partial charge >= 0.3 is 0 Å². The van der Waals surface area contributed by atoms with Crippen LogP contribution in [0.3, 0.4) is 0 Å². The van der Waals surface area contributed by atoms with Crippen molar-refractivity contribution >= 4 is 16.0 Å². The average Bonchev–Trinajstić information content (AvgIpc) is 2.55. The third-order valence-corrected chi connectivity index (χ3v) is 4.84. The van der Waals surface area contributed by atoms with Crippen molar-refractivity contribution in [3.63, 3.8) is 0 Å². The highest BCUT2D eigenvalue weighted by Gasteiger charge is 2.24. The minimum Gasteiger partial charge on any atom is -0.504 e. The zero-order chi connectivity index (χ0) is 19.2. The maximum absolute atomic E-state index is 12.2. The van der Waals surface area contributed by atoms with Crippen molar-refractivity contribution in [2.24, 2.45) is 0 Å². The molecule has 0 aliphatic carbocycles. The monoisotopic (exact) mass is 388 g/mol. The van der Waals surface area contributed by atoms with Crippen molar-refractivity contribution in [3.05, 3.63) is 24.3 Å². The number of amides is 1. The number of phenols is 1. The van der Waals surface area contributed by atoms with Gasteiger partial charge in [0.1, 0.15) is 5.75 Å². The lowest BCUT2D eigenvalue weighted by molar-refractivity contribution is -0.133. The number of piperazine rings is 1. The number of aromatic hydroxyl groups is 1. The number of para-hydroxylation sites is 2. The van der Waals surface area contributed by atoms with Crippen LogP contribution in [-0.4, -0.2) is 90.1 Å². The summed E-state index contributed by atoms with van der Waals surface area (Å²) in [5.74, 6) is -0.413. The van der Waals surface area contributed by atoms with Crippen molar-refractivity contribution < 1.29 is 32.7 Å². The van der Waals surface area contributed by atoms with E-state index in [-0.39, 0.29) is 31.2 Å².